The summed E-state index contributed by atoms with van der Waals surface area (Å²) in [7, 11) is 0. The quantitative estimate of drug-likeness (QED) is 0.451. The molecule has 2 amide bonds. The summed E-state index contributed by atoms with van der Waals surface area (Å²) in [5, 5.41) is 15.5. The fraction of sp³-hybridized carbons (Fsp3) is 0.238. The number of aromatic nitrogens is 1. The Morgan fingerprint density at radius 2 is 2.00 bits per heavy atom. The average Bonchev–Trinajstić information content (AvgIpc) is 3.08. The molecule has 0 unspecified atom stereocenters. The second-order valence-electron chi connectivity index (χ2n) is 6.52. The summed E-state index contributed by atoms with van der Waals surface area (Å²) in [5.74, 6) is -0.360. The predicted octanol–water partition coefficient (Wildman–Crippen LogP) is 2.85. The van der Waals surface area contributed by atoms with Gasteiger partial charge in [-0.2, -0.15) is 0 Å². The highest BCUT2D eigenvalue weighted by Gasteiger charge is 2.21. The number of amides is 2. The Bertz CT molecular complexity index is 967. The molecule has 1 atom stereocenters. The number of carboxylic acid groups (broad SMARTS) is 1. The van der Waals surface area contributed by atoms with Crippen molar-refractivity contribution in [2.75, 3.05) is 13.2 Å². The minimum absolute atomic E-state index is 0.187. The van der Waals surface area contributed by atoms with Gasteiger partial charge in [0.2, 0.25) is 0 Å². The third-order valence-corrected chi connectivity index (χ3v) is 4.35. The molecule has 4 N–H and O–H groups in total. The van der Waals surface area contributed by atoms with Crippen LogP contribution < -0.4 is 15.4 Å². The second kappa shape index (κ2) is 8.94. The van der Waals surface area contributed by atoms with Crippen LogP contribution in [-0.2, 0) is 11.2 Å². The van der Waals surface area contributed by atoms with Gasteiger partial charge < -0.3 is 25.5 Å². The molecule has 0 aliphatic carbocycles. The van der Waals surface area contributed by atoms with Crippen LogP contribution in [0.25, 0.3) is 10.9 Å². The number of carbonyl (C=O) groups is 2. The number of carbonyl (C=O) groups excluding carboxylic acids is 1. The molecule has 3 rings (SSSR count). The lowest BCUT2D eigenvalue weighted by atomic mass is 10.1. The molecule has 0 bridgehead atoms. The number of ether oxygens (including phenoxy) is 1. The molecule has 0 fully saturated rings. The summed E-state index contributed by atoms with van der Waals surface area (Å²) in [6.45, 7) is 2.52. The predicted molar refractivity (Wildman–Crippen MR) is 107 cm³/mol. The summed E-state index contributed by atoms with van der Waals surface area (Å²) >= 11 is 0. The Hall–Kier alpha value is -3.48. The first kappa shape index (κ1) is 19.3. The van der Waals surface area contributed by atoms with Crippen molar-refractivity contribution in [2.24, 2.45) is 0 Å². The van der Waals surface area contributed by atoms with Gasteiger partial charge in [-0.3, -0.25) is 0 Å². The van der Waals surface area contributed by atoms with E-state index in [1.165, 1.54) is 0 Å². The molecular weight excluding hydrogens is 358 g/mol. The lowest BCUT2D eigenvalue weighted by Gasteiger charge is -2.15. The van der Waals surface area contributed by atoms with E-state index in [9.17, 15) is 14.7 Å². The van der Waals surface area contributed by atoms with E-state index in [4.69, 9.17) is 4.74 Å². The van der Waals surface area contributed by atoms with Gasteiger partial charge in [0.05, 0.1) is 6.54 Å². The lowest BCUT2D eigenvalue weighted by molar-refractivity contribution is -0.139. The SMILES string of the molecule is Cc1cccc(OCCNC(=O)N[C@@H](Cc2c[nH]c3ccccc23)C(=O)O)c1. The number of benzene rings is 2. The molecule has 28 heavy (non-hydrogen) atoms. The van der Waals surface area contributed by atoms with E-state index < -0.39 is 18.0 Å². The number of aliphatic carboxylic acids is 1. The number of aryl methyl sites for hydroxylation is 1. The molecule has 0 spiro atoms. The number of para-hydroxylation sites is 1. The number of carboxylic acids is 1. The van der Waals surface area contributed by atoms with E-state index in [-0.39, 0.29) is 19.6 Å². The summed E-state index contributed by atoms with van der Waals surface area (Å²) < 4.78 is 5.56. The zero-order chi connectivity index (χ0) is 19.9. The van der Waals surface area contributed by atoms with Crippen molar-refractivity contribution in [3.8, 4) is 5.75 Å². The van der Waals surface area contributed by atoms with Crippen LogP contribution in [0.15, 0.2) is 54.7 Å². The smallest absolute Gasteiger partial charge is 0.326 e. The Morgan fingerprint density at radius 1 is 1.18 bits per heavy atom. The molecule has 2 aromatic carbocycles. The maximum absolute atomic E-state index is 12.1. The van der Waals surface area contributed by atoms with Gasteiger partial charge in [0.15, 0.2) is 0 Å². The van der Waals surface area contributed by atoms with Gasteiger partial charge in [-0.25, -0.2) is 9.59 Å². The molecule has 0 radical (unpaired) electrons. The molecule has 0 aliphatic rings. The Balaban J connectivity index is 1.49. The van der Waals surface area contributed by atoms with E-state index in [2.05, 4.69) is 15.6 Å². The number of H-pyrrole nitrogens is 1. The molecule has 1 aromatic heterocycles. The molecule has 7 heteroatoms. The summed E-state index contributed by atoms with van der Waals surface area (Å²) in [6, 6.07) is 13.7. The van der Waals surface area contributed by atoms with Gasteiger partial charge in [0.1, 0.15) is 18.4 Å². The minimum Gasteiger partial charge on any atom is -0.492 e. The van der Waals surface area contributed by atoms with E-state index in [1.54, 1.807) is 6.20 Å². The minimum atomic E-state index is -1.09. The van der Waals surface area contributed by atoms with E-state index >= 15 is 0 Å². The molecule has 7 nitrogen and oxygen atoms in total. The van der Waals surface area contributed by atoms with Crippen molar-refractivity contribution in [3.05, 3.63) is 65.9 Å². The van der Waals surface area contributed by atoms with Crippen LogP contribution in [0.1, 0.15) is 11.1 Å². The number of hydrogen-bond acceptors (Lipinski definition) is 3. The monoisotopic (exact) mass is 381 g/mol. The number of fused-ring (bicyclic) bond motifs is 1. The molecule has 0 saturated heterocycles. The zero-order valence-electron chi connectivity index (χ0n) is 15.6. The highest BCUT2D eigenvalue weighted by Crippen LogP contribution is 2.19. The Kier molecular flexibility index (Phi) is 6.16. The lowest BCUT2D eigenvalue weighted by Crippen LogP contribution is -2.47. The molecule has 3 aromatic rings. The van der Waals surface area contributed by atoms with E-state index in [0.717, 1.165) is 27.8 Å². The van der Waals surface area contributed by atoms with Crippen molar-refractivity contribution in [2.45, 2.75) is 19.4 Å². The molecule has 1 heterocycles. The van der Waals surface area contributed by atoms with Crippen LogP contribution in [-0.4, -0.2) is 41.3 Å². The van der Waals surface area contributed by atoms with Gasteiger partial charge >= 0.3 is 12.0 Å². The number of aromatic amines is 1. The van der Waals surface area contributed by atoms with E-state index in [0.29, 0.717) is 0 Å². The van der Waals surface area contributed by atoms with Crippen LogP contribution in [0.4, 0.5) is 4.79 Å². The first-order valence-electron chi connectivity index (χ1n) is 9.04. The van der Waals surface area contributed by atoms with Crippen LogP contribution in [0, 0.1) is 6.92 Å². The van der Waals surface area contributed by atoms with Crippen molar-refractivity contribution in [1.82, 2.24) is 15.6 Å². The Labute approximate surface area is 162 Å². The van der Waals surface area contributed by atoms with Crippen molar-refractivity contribution in [1.29, 1.82) is 0 Å². The third-order valence-electron chi connectivity index (χ3n) is 4.35. The number of rotatable bonds is 8. The van der Waals surface area contributed by atoms with Gasteiger partial charge in [-0.1, -0.05) is 30.3 Å². The fourth-order valence-electron chi connectivity index (χ4n) is 2.97. The number of nitrogens with one attached hydrogen (secondary N) is 3. The number of urea groups is 1. The molecule has 0 saturated carbocycles. The van der Waals surface area contributed by atoms with Crippen LogP contribution in [0.2, 0.25) is 0 Å². The second-order valence-corrected chi connectivity index (χ2v) is 6.52. The third kappa shape index (κ3) is 5.03. The summed E-state index contributed by atoms with van der Waals surface area (Å²) in [5.41, 5.74) is 2.86. The van der Waals surface area contributed by atoms with Crippen molar-refractivity contribution in [3.63, 3.8) is 0 Å². The van der Waals surface area contributed by atoms with Crippen LogP contribution in [0.3, 0.4) is 0 Å². The molecule has 0 aliphatic heterocycles. The molecule has 146 valence electrons. The van der Waals surface area contributed by atoms with E-state index in [1.807, 2.05) is 55.5 Å². The van der Waals surface area contributed by atoms with Crippen molar-refractivity contribution >= 4 is 22.9 Å². The summed E-state index contributed by atoms with van der Waals surface area (Å²) in [6.07, 6.45) is 1.96. The van der Waals surface area contributed by atoms with Crippen LogP contribution >= 0.6 is 0 Å². The standard InChI is InChI=1S/C21H23N3O4/c1-14-5-4-6-16(11-14)28-10-9-22-21(27)24-19(20(25)26)12-15-13-23-18-8-3-2-7-17(15)18/h2-8,11,13,19,23H,9-10,12H2,1H3,(H,25,26)(H2,22,24,27)/t19-/m0/s1. The fourth-order valence-corrected chi connectivity index (χ4v) is 2.97. The zero-order valence-corrected chi connectivity index (χ0v) is 15.6. The molecular formula is C21H23N3O4. The average molecular weight is 381 g/mol. The number of hydrogen-bond donors (Lipinski definition) is 4. The van der Waals surface area contributed by atoms with Gasteiger partial charge in [0, 0.05) is 23.5 Å². The normalized spacial score (nSPS) is 11.8. The highest BCUT2D eigenvalue weighted by atomic mass is 16.5. The van der Waals surface area contributed by atoms with Crippen molar-refractivity contribution < 1.29 is 19.4 Å². The van der Waals surface area contributed by atoms with Gasteiger partial charge in [0.25, 0.3) is 0 Å². The van der Waals surface area contributed by atoms with Gasteiger partial charge in [-0.05, 0) is 36.2 Å². The maximum Gasteiger partial charge on any atom is 0.326 e. The topological polar surface area (TPSA) is 103 Å². The van der Waals surface area contributed by atoms with Crippen LogP contribution in [0.5, 0.6) is 5.75 Å². The first-order chi connectivity index (χ1) is 13.5. The summed E-state index contributed by atoms with van der Waals surface area (Å²) in [4.78, 5) is 26.7. The first-order valence-corrected chi connectivity index (χ1v) is 9.04. The highest BCUT2D eigenvalue weighted by molar-refractivity contribution is 5.86. The largest absolute Gasteiger partial charge is 0.492 e. The maximum atomic E-state index is 12.1. The Morgan fingerprint density at radius 3 is 2.79 bits per heavy atom. The van der Waals surface area contributed by atoms with Gasteiger partial charge in [-0.15, -0.1) is 0 Å².